The number of urea groups is 1. The number of carbonyl (C=O) groups excluding carboxylic acids is 1. The van der Waals surface area contributed by atoms with Crippen LogP contribution in [0.25, 0.3) is 0 Å². The van der Waals surface area contributed by atoms with Gasteiger partial charge in [0.05, 0.1) is 7.11 Å². The number of hydrogen-bond acceptors (Lipinski definition) is 3. The highest BCUT2D eigenvalue weighted by Crippen LogP contribution is 2.20. The van der Waals surface area contributed by atoms with Gasteiger partial charge in [0.2, 0.25) is 0 Å². The molecule has 0 bridgehead atoms. The van der Waals surface area contributed by atoms with Gasteiger partial charge in [-0.1, -0.05) is 12.1 Å². The van der Waals surface area contributed by atoms with E-state index in [2.05, 4.69) is 5.32 Å². The average Bonchev–Trinajstić information content (AvgIpc) is 2.53. The monoisotopic (exact) mass is 292 g/mol. The molecule has 116 valence electrons. The Bertz CT molecular complexity index is 490. The van der Waals surface area contributed by atoms with Gasteiger partial charge in [0.15, 0.2) is 0 Å². The summed E-state index contributed by atoms with van der Waals surface area (Å²) in [5.74, 6) is 1.00. The second kappa shape index (κ2) is 7.31. The van der Waals surface area contributed by atoms with Gasteiger partial charge in [0, 0.05) is 31.8 Å². The predicted molar refractivity (Wildman–Crippen MR) is 81.3 cm³/mol. The zero-order valence-corrected chi connectivity index (χ0v) is 12.8. The smallest absolute Gasteiger partial charge is 0.317 e. The molecule has 1 aromatic carbocycles. The summed E-state index contributed by atoms with van der Waals surface area (Å²) in [6.45, 7) is 3.99. The topological polar surface area (TPSA) is 61.8 Å². The largest absolute Gasteiger partial charge is 0.496 e. The number of aliphatic hydroxyl groups excluding tert-OH is 1. The number of rotatable bonds is 4. The van der Waals surface area contributed by atoms with Gasteiger partial charge < -0.3 is 20.1 Å². The Kier molecular flexibility index (Phi) is 5.44. The first-order chi connectivity index (χ1) is 10.1. The van der Waals surface area contributed by atoms with E-state index in [0.717, 1.165) is 36.3 Å². The van der Waals surface area contributed by atoms with E-state index in [4.69, 9.17) is 4.74 Å². The normalized spacial score (nSPS) is 18.4. The van der Waals surface area contributed by atoms with Gasteiger partial charge in [0.1, 0.15) is 5.75 Å². The van der Waals surface area contributed by atoms with Crippen LogP contribution in [0.1, 0.15) is 24.0 Å². The van der Waals surface area contributed by atoms with Crippen molar-refractivity contribution in [2.24, 2.45) is 5.92 Å². The summed E-state index contributed by atoms with van der Waals surface area (Å²) < 4.78 is 5.34. The van der Waals surface area contributed by atoms with Gasteiger partial charge in [0.25, 0.3) is 0 Å². The van der Waals surface area contributed by atoms with Gasteiger partial charge in [-0.25, -0.2) is 4.79 Å². The fourth-order valence-electron chi connectivity index (χ4n) is 2.68. The van der Waals surface area contributed by atoms with Crippen LogP contribution in [0.15, 0.2) is 18.2 Å². The molecule has 1 aromatic rings. The molecule has 0 radical (unpaired) electrons. The molecule has 0 spiro atoms. The summed E-state index contributed by atoms with van der Waals surface area (Å²) >= 11 is 0. The lowest BCUT2D eigenvalue weighted by Crippen LogP contribution is -2.45. The van der Waals surface area contributed by atoms with Gasteiger partial charge in [-0.2, -0.15) is 0 Å². The minimum atomic E-state index is -0.0734. The van der Waals surface area contributed by atoms with Gasteiger partial charge >= 0.3 is 6.03 Å². The van der Waals surface area contributed by atoms with E-state index < -0.39 is 0 Å². The maximum atomic E-state index is 12.2. The molecule has 5 nitrogen and oxygen atoms in total. The van der Waals surface area contributed by atoms with Crippen molar-refractivity contribution in [3.63, 3.8) is 0 Å². The number of methoxy groups -OCH3 is 1. The van der Waals surface area contributed by atoms with E-state index in [1.165, 1.54) is 0 Å². The summed E-state index contributed by atoms with van der Waals surface area (Å²) in [4.78, 5) is 14.0. The Morgan fingerprint density at radius 1 is 1.52 bits per heavy atom. The zero-order valence-electron chi connectivity index (χ0n) is 12.8. The molecule has 1 aliphatic heterocycles. The number of aliphatic hydroxyl groups is 1. The third kappa shape index (κ3) is 4.11. The predicted octanol–water partition coefficient (Wildman–Crippen LogP) is 1.92. The molecule has 2 rings (SSSR count). The van der Waals surface area contributed by atoms with Gasteiger partial charge in [-0.05, 0) is 37.3 Å². The molecular formula is C16H24N2O3. The molecule has 0 saturated carbocycles. The maximum Gasteiger partial charge on any atom is 0.317 e. The minimum absolute atomic E-state index is 0.0734. The van der Waals surface area contributed by atoms with Crippen LogP contribution in [0.3, 0.4) is 0 Å². The number of carbonyl (C=O) groups is 1. The van der Waals surface area contributed by atoms with E-state index in [1.54, 1.807) is 12.0 Å². The third-order valence-electron chi connectivity index (χ3n) is 3.94. The molecule has 1 heterocycles. The molecule has 1 fully saturated rings. The van der Waals surface area contributed by atoms with Crippen molar-refractivity contribution in [1.29, 1.82) is 0 Å². The maximum absolute atomic E-state index is 12.2. The molecular weight excluding hydrogens is 268 g/mol. The van der Waals surface area contributed by atoms with E-state index >= 15 is 0 Å². The number of nitrogens with zero attached hydrogens (tertiary/aromatic N) is 1. The van der Waals surface area contributed by atoms with Crippen molar-refractivity contribution in [2.75, 3.05) is 26.8 Å². The number of nitrogens with one attached hydrogen (secondary N) is 1. The molecule has 5 heteroatoms. The molecule has 2 N–H and O–H groups in total. The summed E-state index contributed by atoms with van der Waals surface area (Å²) in [6, 6.07) is 5.87. The fourth-order valence-corrected chi connectivity index (χ4v) is 2.68. The molecule has 0 aromatic heterocycles. The lowest BCUT2D eigenvalue weighted by Gasteiger charge is -2.31. The van der Waals surface area contributed by atoms with Crippen molar-refractivity contribution in [2.45, 2.75) is 26.3 Å². The van der Waals surface area contributed by atoms with Crippen LogP contribution < -0.4 is 10.1 Å². The molecule has 1 saturated heterocycles. The van der Waals surface area contributed by atoms with Crippen molar-refractivity contribution in [3.8, 4) is 5.75 Å². The molecule has 2 amide bonds. The van der Waals surface area contributed by atoms with Crippen LogP contribution in [0.2, 0.25) is 0 Å². The molecule has 0 aliphatic carbocycles. The second-order valence-electron chi connectivity index (χ2n) is 5.61. The van der Waals surface area contributed by atoms with E-state index in [-0.39, 0.29) is 18.6 Å². The van der Waals surface area contributed by atoms with Crippen molar-refractivity contribution < 1.29 is 14.6 Å². The van der Waals surface area contributed by atoms with Crippen molar-refractivity contribution in [3.05, 3.63) is 29.3 Å². The highest BCUT2D eigenvalue weighted by molar-refractivity contribution is 5.74. The lowest BCUT2D eigenvalue weighted by atomic mass is 9.99. The van der Waals surface area contributed by atoms with Crippen LogP contribution in [-0.2, 0) is 6.54 Å². The highest BCUT2D eigenvalue weighted by Gasteiger charge is 2.22. The van der Waals surface area contributed by atoms with Crippen LogP contribution >= 0.6 is 0 Å². The van der Waals surface area contributed by atoms with Gasteiger partial charge in [-0.3, -0.25) is 0 Å². The van der Waals surface area contributed by atoms with Crippen molar-refractivity contribution in [1.82, 2.24) is 10.2 Å². The van der Waals surface area contributed by atoms with Gasteiger partial charge in [-0.15, -0.1) is 0 Å². The van der Waals surface area contributed by atoms with Crippen molar-refractivity contribution >= 4 is 6.03 Å². The number of hydrogen-bond donors (Lipinski definition) is 2. The molecule has 1 atom stereocenters. The van der Waals surface area contributed by atoms with Crippen LogP contribution in [0.4, 0.5) is 4.79 Å². The zero-order chi connectivity index (χ0) is 15.2. The number of aryl methyl sites for hydroxylation is 1. The summed E-state index contributed by atoms with van der Waals surface area (Å²) in [5, 5.41) is 12.2. The number of piperidine rings is 1. The number of amides is 2. The van der Waals surface area contributed by atoms with Crippen LogP contribution in [0, 0.1) is 12.8 Å². The number of likely N-dealkylation sites (tertiary alicyclic amines) is 1. The molecule has 1 unspecified atom stereocenters. The highest BCUT2D eigenvalue weighted by atomic mass is 16.5. The van der Waals surface area contributed by atoms with E-state index in [9.17, 15) is 9.90 Å². The van der Waals surface area contributed by atoms with E-state index in [1.807, 2.05) is 25.1 Å². The number of ether oxygens (including phenoxy) is 1. The average molecular weight is 292 g/mol. The minimum Gasteiger partial charge on any atom is -0.496 e. The Morgan fingerprint density at radius 2 is 2.33 bits per heavy atom. The Balaban J connectivity index is 1.92. The quantitative estimate of drug-likeness (QED) is 0.891. The fraction of sp³-hybridized carbons (Fsp3) is 0.562. The summed E-state index contributed by atoms with van der Waals surface area (Å²) in [7, 11) is 1.64. The Hall–Kier alpha value is -1.75. The molecule has 21 heavy (non-hydrogen) atoms. The SMILES string of the molecule is COc1cc(C)ccc1CNC(=O)N1CCCC(CO)C1. The first kappa shape index (κ1) is 15.6. The van der Waals surface area contributed by atoms with E-state index in [0.29, 0.717) is 13.1 Å². The Labute approximate surface area is 125 Å². The molecule has 1 aliphatic rings. The second-order valence-corrected chi connectivity index (χ2v) is 5.61. The third-order valence-corrected chi connectivity index (χ3v) is 3.94. The summed E-state index contributed by atoms with van der Waals surface area (Å²) in [5.41, 5.74) is 2.09. The summed E-state index contributed by atoms with van der Waals surface area (Å²) in [6.07, 6.45) is 1.94. The lowest BCUT2D eigenvalue weighted by molar-refractivity contribution is 0.129. The standard InChI is InChI=1S/C16H24N2O3/c1-12-5-6-14(15(8-12)21-2)9-17-16(20)18-7-3-4-13(10-18)11-19/h5-6,8,13,19H,3-4,7,9-11H2,1-2H3,(H,17,20). The van der Waals surface area contributed by atoms with Crippen LogP contribution in [0.5, 0.6) is 5.75 Å². The first-order valence-corrected chi connectivity index (χ1v) is 7.41. The number of benzene rings is 1. The van der Waals surface area contributed by atoms with Crippen LogP contribution in [-0.4, -0.2) is 42.8 Å². The first-order valence-electron chi connectivity index (χ1n) is 7.41. The Morgan fingerprint density at radius 3 is 3.05 bits per heavy atom.